The fourth-order valence-corrected chi connectivity index (χ4v) is 2.60. The molecule has 1 saturated heterocycles. The molecule has 1 aliphatic carbocycles. The van der Waals surface area contributed by atoms with Gasteiger partial charge in [-0.2, -0.15) is 0 Å². The fraction of sp³-hybridized carbons (Fsp3) is 0.692. The quantitative estimate of drug-likeness (QED) is 0.672. The molecule has 2 aliphatic rings. The Bertz CT molecular complexity index is 452. The predicted octanol–water partition coefficient (Wildman–Crippen LogP) is 2.00. The number of aromatic nitrogens is 2. The maximum Gasteiger partial charge on any atom is 0.191 e. The van der Waals surface area contributed by atoms with Crippen LogP contribution in [-0.2, 0) is 4.74 Å². The van der Waals surface area contributed by atoms with Gasteiger partial charge in [0.15, 0.2) is 5.16 Å². The minimum Gasteiger partial charge on any atom is -0.377 e. The molecule has 0 radical (unpaired) electrons. The van der Waals surface area contributed by atoms with Gasteiger partial charge < -0.3 is 15.0 Å². The van der Waals surface area contributed by atoms with Crippen LogP contribution in [0.25, 0.3) is 0 Å². The van der Waals surface area contributed by atoms with Gasteiger partial charge in [0, 0.05) is 18.7 Å². The molecule has 104 valence electrons. The molecule has 5 nitrogen and oxygen atoms in total. The lowest BCUT2D eigenvalue weighted by Crippen LogP contribution is -2.44. The highest BCUT2D eigenvalue weighted by atomic mass is 32.2. The number of rotatable bonds is 4. The zero-order chi connectivity index (χ0) is 13.2. The smallest absolute Gasteiger partial charge is 0.191 e. The molecule has 1 aromatic heterocycles. The van der Waals surface area contributed by atoms with Crippen molar-refractivity contribution in [3.05, 3.63) is 6.07 Å². The molecule has 1 saturated carbocycles. The first-order chi connectivity index (χ1) is 9.26. The van der Waals surface area contributed by atoms with Gasteiger partial charge in [-0.3, -0.25) is 0 Å². The largest absolute Gasteiger partial charge is 0.377 e. The van der Waals surface area contributed by atoms with Crippen molar-refractivity contribution in [3.63, 3.8) is 0 Å². The van der Waals surface area contributed by atoms with Crippen LogP contribution in [0.15, 0.2) is 11.2 Å². The fourth-order valence-electron chi connectivity index (χ4n) is 2.23. The average Bonchev–Trinajstić information content (AvgIpc) is 3.22. The van der Waals surface area contributed by atoms with Gasteiger partial charge in [0.25, 0.3) is 0 Å². The van der Waals surface area contributed by atoms with E-state index in [1.54, 1.807) is 11.8 Å². The van der Waals surface area contributed by atoms with E-state index in [9.17, 15) is 0 Å². The number of nitrogens with zero attached hydrogens (tertiary/aromatic N) is 3. The van der Waals surface area contributed by atoms with Gasteiger partial charge in [-0.15, -0.1) is 0 Å². The summed E-state index contributed by atoms with van der Waals surface area (Å²) in [7, 11) is 0. The van der Waals surface area contributed by atoms with Crippen molar-refractivity contribution in [2.24, 2.45) is 0 Å². The van der Waals surface area contributed by atoms with E-state index in [0.29, 0.717) is 12.1 Å². The Hall–Kier alpha value is -1.01. The van der Waals surface area contributed by atoms with Crippen LogP contribution in [0.1, 0.15) is 19.8 Å². The normalized spacial score (nSPS) is 23.5. The van der Waals surface area contributed by atoms with Crippen molar-refractivity contribution < 1.29 is 4.74 Å². The molecule has 6 heteroatoms. The Morgan fingerprint density at radius 3 is 2.95 bits per heavy atom. The summed E-state index contributed by atoms with van der Waals surface area (Å²) >= 11 is 1.59. The highest BCUT2D eigenvalue weighted by Crippen LogP contribution is 2.28. The zero-order valence-corrected chi connectivity index (χ0v) is 12.2. The van der Waals surface area contributed by atoms with Gasteiger partial charge in [0.05, 0.1) is 19.3 Å². The average molecular weight is 280 g/mol. The van der Waals surface area contributed by atoms with Crippen LogP contribution in [0.3, 0.4) is 0 Å². The van der Waals surface area contributed by atoms with Gasteiger partial charge >= 0.3 is 0 Å². The van der Waals surface area contributed by atoms with E-state index in [4.69, 9.17) is 4.74 Å². The second-order valence-electron chi connectivity index (χ2n) is 5.13. The van der Waals surface area contributed by atoms with E-state index >= 15 is 0 Å². The van der Waals surface area contributed by atoms with E-state index in [1.807, 2.05) is 6.26 Å². The van der Waals surface area contributed by atoms with E-state index < -0.39 is 0 Å². The molecule has 0 bridgehead atoms. The summed E-state index contributed by atoms with van der Waals surface area (Å²) < 4.78 is 5.49. The molecular formula is C13H20N4OS. The molecule has 0 amide bonds. The topological polar surface area (TPSA) is 50.3 Å². The molecule has 1 aromatic rings. The minimum absolute atomic E-state index is 0.368. The Labute approximate surface area is 118 Å². The molecule has 3 rings (SSSR count). The van der Waals surface area contributed by atoms with Crippen LogP contribution in [0.5, 0.6) is 0 Å². The van der Waals surface area contributed by atoms with Gasteiger partial charge in [-0.25, -0.2) is 9.97 Å². The Morgan fingerprint density at radius 1 is 1.42 bits per heavy atom. The highest BCUT2D eigenvalue weighted by Gasteiger charge is 2.24. The number of hydrogen-bond acceptors (Lipinski definition) is 6. The van der Waals surface area contributed by atoms with Crippen molar-refractivity contribution >= 4 is 23.4 Å². The SMILES string of the molecule is CSc1nc(NC2CC2)cc(N2CCOC[C@H]2C)n1. The Balaban J connectivity index is 1.85. The number of morpholine rings is 1. The van der Waals surface area contributed by atoms with Crippen LogP contribution >= 0.6 is 11.8 Å². The van der Waals surface area contributed by atoms with Crippen LogP contribution in [0.4, 0.5) is 11.6 Å². The van der Waals surface area contributed by atoms with Gasteiger partial charge in [0.1, 0.15) is 11.6 Å². The third-order valence-electron chi connectivity index (χ3n) is 3.47. The molecule has 2 fully saturated rings. The molecule has 19 heavy (non-hydrogen) atoms. The first-order valence-corrected chi connectivity index (χ1v) is 8.03. The number of thioether (sulfide) groups is 1. The Kier molecular flexibility index (Phi) is 3.79. The van der Waals surface area contributed by atoms with Crippen LogP contribution in [0.2, 0.25) is 0 Å². The van der Waals surface area contributed by atoms with Crippen molar-refractivity contribution in [3.8, 4) is 0 Å². The number of nitrogens with one attached hydrogen (secondary N) is 1. The van der Waals surface area contributed by atoms with E-state index in [0.717, 1.165) is 36.6 Å². The Morgan fingerprint density at radius 2 is 2.26 bits per heavy atom. The summed E-state index contributed by atoms with van der Waals surface area (Å²) in [5.74, 6) is 1.97. The number of ether oxygens (including phenoxy) is 1. The van der Waals surface area contributed by atoms with Crippen molar-refractivity contribution in [1.82, 2.24) is 9.97 Å². The summed E-state index contributed by atoms with van der Waals surface area (Å²) in [4.78, 5) is 11.5. The van der Waals surface area contributed by atoms with Gasteiger partial charge in [-0.1, -0.05) is 11.8 Å². The summed E-state index contributed by atoms with van der Waals surface area (Å²) in [6.45, 7) is 4.61. The summed E-state index contributed by atoms with van der Waals surface area (Å²) in [6, 6.07) is 3.05. The third kappa shape index (κ3) is 3.12. The number of hydrogen-bond donors (Lipinski definition) is 1. The predicted molar refractivity (Wildman–Crippen MR) is 78.1 cm³/mol. The van der Waals surface area contributed by atoms with Crippen molar-refractivity contribution in [2.75, 3.05) is 36.2 Å². The third-order valence-corrected chi connectivity index (χ3v) is 4.01. The monoisotopic (exact) mass is 280 g/mol. The molecule has 1 aliphatic heterocycles. The maximum atomic E-state index is 5.49. The molecule has 1 atom stereocenters. The summed E-state index contributed by atoms with van der Waals surface area (Å²) in [5.41, 5.74) is 0. The molecule has 1 N–H and O–H groups in total. The maximum absolute atomic E-state index is 5.49. The molecular weight excluding hydrogens is 260 g/mol. The van der Waals surface area contributed by atoms with Crippen LogP contribution in [0, 0.1) is 0 Å². The van der Waals surface area contributed by atoms with Crippen LogP contribution < -0.4 is 10.2 Å². The molecule has 0 unspecified atom stereocenters. The van der Waals surface area contributed by atoms with E-state index in [1.165, 1.54) is 12.8 Å². The number of anilines is 2. The van der Waals surface area contributed by atoms with E-state index in [-0.39, 0.29) is 0 Å². The lowest BCUT2D eigenvalue weighted by atomic mass is 10.2. The lowest BCUT2D eigenvalue weighted by Gasteiger charge is -2.34. The summed E-state index contributed by atoms with van der Waals surface area (Å²) in [5, 5.41) is 4.30. The van der Waals surface area contributed by atoms with Crippen LogP contribution in [-0.4, -0.2) is 48.1 Å². The van der Waals surface area contributed by atoms with E-state index in [2.05, 4.69) is 33.2 Å². The first-order valence-electron chi connectivity index (χ1n) is 6.80. The zero-order valence-electron chi connectivity index (χ0n) is 11.4. The van der Waals surface area contributed by atoms with Gasteiger partial charge in [0.2, 0.25) is 0 Å². The second kappa shape index (κ2) is 5.54. The highest BCUT2D eigenvalue weighted by molar-refractivity contribution is 7.98. The van der Waals surface area contributed by atoms with Gasteiger partial charge in [-0.05, 0) is 26.0 Å². The van der Waals surface area contributed by atoms with Crippen molar-refractivity contribution in [2.45, 2.75) is 37.0 Å². The lowest BCUT2D eigenvalue weighted by molar-refractivity contribution is 0.0984. The summed E-state index contributed by atoms with van der Waals surface area (Å²) in [6.07, 6.45) is 4.52. The molecule has 0 aromatic carbocycles. The molecule has 0 spiro atoms. The standard InChI is InChI=1S/C13H20N4OS/c1-9-8-18-6-5-17(9)12-7-11(14-10-3-4-10)15-13(16-12)19-2/h7,9-10H,3-6,8H2,1-2H3,(H,14,15,16)/t9-/m1/s1. The first kappa shape index (κ1) is 13.0. The minimum atomic E-state index is 0.368. The second-order valence-corrected chi connectivity index (χ2v) is 5.91. The van der Waals surface area contributed by atoms with Crippen molar-refractivity contribution in [1.29, 1.82) is 0 Å². The molecule has 2 heterocycles.